The highest BCUT2D eigenvalue weighted by Gasteiger charge is 2.62. The van der Waals surface area contributed by atoms with E-state index in [1.807, 2.05) is 26.1 Å². The molecule has 1 amide bonds. The van der Waals surface area contributed by atoms with Crippen LogP contribution < -0.4 is 10.2 Å². The SMILES string of the molecule is CC=CCCCC(=O)NC[C@H]1[C@H]2CN(c3ccnc(C)c3)C[C@]23CC[C@H]1O3.O=CO. The number of carboxylic acid groups (broad SMARTS) is 1. The molecule has 1 spiro atoms. The van der Waals surface area contributed by atoms with Gasteiger partial charge in [0.05, 0.1) is 11.7 Å². The minimum absolute atomic E-state index is 0.0108. The Kier molecular flexibility index (Phi) is 7.48. The molecule has 0 aliphatic carbocycles. The number of anilines is 1. The van der Waals surface area contributed by atoms with Crippen LogP contribution in [0.5, 0.6) is 0 Å². The summed E-state index contributed by atoms with van der Waals surface area (Å²) in [5.41, 5.74) is 2.28. The van der Waals surface area contributed by atoms with Gasteiger partial charge < -0.3 is 20.1 Å². The van der Waals surface area contributed by atoms with Crippen LogP contribution in [0.4, 0.5) is 5.69 Å². The summed E-state index contributed by atoms with van der Waals surface area (Å²) in [6.07, 6.45) is 11.2. The third-order valence-corrected chi connectivity index (χ3v) is 6.57. The van der Waals surface area contributed by atoms with Gasteiger partial charge in [-0.1, -0.05) is 12.2 Å². The predicted octanol–water partition coefficient (Wildman–Crippen LogP) is 2.94. The van der Waals surface area contributed by atoms with E-state index < -0.39 is 0 Å². The fraction of sp³-hybridized carbons (Fsp3) is 0.609. The molecule has 0 unspecified atom stereocenters. The number of nitrogens with zero attached hydrogens (tertiary/aromatic N) is 2. The number of allylic oxidation sites excluding steroid dienone is 2. The number of ether oxygens (including phenoxy) is 1. The van der Waals surface area contributed by atoms with Gasteiger partial charge in [0.25, 0.3) is 6.47 Å². The molecular formula is C23H33N3O4. The normalized spacial score (nSPS) is 28.9. The van der Waals surface area contributed by atoms with Crippen molar-refractivity contribution >= 4 is 18.1 Å². The third-order valence-electron chi connectivity index (χ3n) is 6.57. The van der Waals surface area contributed by atoms with Gasteiger partial charge in [-0.2, -0.15) is 0 Å². The molecule has 0 saturated carbocycles. The number of pyridine rings is 1. The molecule has 7 nitrogen and oxygen atoms in total. The molecule has 2 N–H and O–H groups in total. The number of hydrogen-bond acceptors (Lipinski definition) is 5. The van der Waals surface area contributed by atoms with Crippen LogP contribution >= 0.6 is 0 Å². The lowest BCUT2D eigenvalue weighted by molar-refractivity contribution is -0.123. The van der Waals surface area contributed by atoms with Gasteiger partial charge in [-0.05, 0) is 51.7 Å². The van der Waals surface area contributed by atoms with Crippen LogP contribution in [0.1, 0.15) is 44.7 Å². The van der Waals surface area contributed by atoms with Gasteiger partial charge in [-0.25, -0.2) is 0 Å². The van der Waals surface area contributed by atoms with Crippen LogP contribution in [-0.4, -0.2) is 53.8 Å². The van der Waals surface area contributed by atoms with Crippen molar-refractivity contribution in [3.8, 4) is 0 Å². The minimum atomic E-state index is -0.250. The van der Waals surface area contributed by atoms with Crippen molar-refractivity contribution in [2.75, 3.05) is 24.5 Å². The summed E-state index contributed by atoms with van der Waals surface area (Å²) in [5.74, 6) is 1.12. The Balaban J connectivity index is 0.000000806. The van der Waals surface area contributed by atoms with Crippen molar-refractivity contribution in [2.45, 2.75) is 57.7 Å². The number of rotatable bonds is 7. The molecule has 1 aromatic rings. The fourth-order valence-electron chi connectivity index (χ4n) is 5.25. The Morgan fingerprint density at radius 3 is 3.03 bits per heavy atom. The average Bonchev–Trinajstić information content (AvgIpc) is 3.39. The van der Waals surface area contributed by atoms with Gasteiger partial charge in [-0.3, -0.25) is 14.6 Å². The number of hydrogen-bond donors (Lipinski definition) is 2. The van der Waals surface area contributed by atoms with E-state index in [0.29, 0.717) is 24.4 Å². The Morgan fingerprint density at radius 1 is 1.50 bits per heavy atom. The maximum absolute atomic E-state index is 12.2. The molecule has 3 aliphatic heterocycles. The highest BCUT2D eigenvalue weighted by Crippen LogP contribution is 2.55. The molecule has 4 rings (SSSR count). The van der Waals surface area contributed by atoms with Crippen LogP contribution in [0, 0.1) is 18.8 Å². The zero-order chi connectivity index (χ0) is 21.6. The van der Waals surface area contributed by atoms with E-state index in [1.54, 1.807) is 0 Å². The Hall–Kier alpha value is -2.41. The molecule has 0 radical (unpaired) electrons. The molecular weight excluding hydrogens is 382 g/mol. The number of unbranched alkanes of at least 4 members (excludes halogenated alkanes) is 1. The van der Waals surface area contributed by atoms with E-state index >= 15 is 0 Å². The summed E-state index contributed by atoms with van der Waals surface area (Å²) in [6.45, 7) is 6.54. The number of amides is 1. The molecule has 7 heteroatoms. The van der Waals surface area contributed by atoms with Crippen molar-refractivity contribution in [3.05, 3.63) is 36.2 Å². The van der Waals surface area contributed by atoms with Crippen molar-refractivity contribution in [1.82, 2.24) is 10.3 Å². The summed E-state index contributed by atoms with van der Waals surface area (Å²) in [6, 6.07) is 4.25. The first-order chi connectivity index (χ1) is 14.5. The number of carbonyl (C=O) groups excluding carboxylic acids is 1. The second-order valence-corrected chi connectivity index (χ2v) is 8.44. The van der Waals surface area contributed by atoms with Crippen molar-refractivity contribution < 1.29 is 19.4 Å². The second-order valence-electron chi connectivity index (χ2n) is 8.44. The Labute approximate surface area is 178 Å². The van der Waals surface area contributed by atoms with Crippen molar-refractivity contribution in [1.29, 1.82) is 0 Å². The largest absolute Gasteiger partial charge is 0.483 e. The zero-order valence-corrected chi connectivity index (χ0v) is 17.9. The number of aryl methyl sites for hydroxylation is 1. The number of aromatic nitrogens is 1. The van der Waals surface area contributed by atoms with Crippen LogP contribution in [0.15, 0.2) is 30.5 Å². The lowest BCUT2D eigenvalue weighted by atomic mass is 9.73. The summed E-state index contributed by atoms with van der Waals surface area (Å²) in [7, 11) is 0. The summed E-state index contributed by atoms with van der Waals surface area (Å²) >= 11 is 0. The predicted molar refractivity (Wildman–Crippen MR) is 115 cm³/mol. The van der Waals surface area contributed by atoms with Gasteiger partial charge in [0, 0.05) is 55.5 Å². The van der Waals surface area contributed by atoms with Crippen LogP contribution in [0.2, 0.25) is 0 Å². The van der Waals surface area contributed by atoms with E-state index in [2.05, 4.69) is 33.4 Å². The Bertz CT molecular complexity index is 769. The molecule has 4 atom stereocenters. The maximum Gasteiger partial charge on any atom is 0.290 e. The van der Waals surface area contributed by atoms with E-state index in [1.165, 1.54) is 5.69 Å². The van der Waals surface area contributed by atoms with Gasteiger partial charge >= 0.3 is 0 Å². The first-order valence-electron chi connectivity index (χ1n) is 10.8. The molecule has 3 fully saturated rings. The number of carbonyl (C=O) groups is 2. The molecule has 3 saturated heterocycles. The highest BCUT2D eigenvalue weighted by atomic mass is 16.5. The first kappa shape index (κ1) is 22.3. The van der Waals surface area contributed by atoms with Gasteiger partial charge in [0.2, 0.25) is 5.91 Å². The maximum atomic E-state index is 12.2. The lowest BCUT2D eigenvalue weighted by Gasteiger charge is -2.29. The molecule has 30 heavy (non-hydrogen) atoms. The van der Waals surface area contributed by atoms with Crippen LogP contribution in [0.25, 0.3) is 0 Å². The molecule has 3 aliphatic rings. The van der Waals surface area contributed by atoms with Gasteiger partial charge in [0.1, 0.15) is 0 Å². The molecule has 2 bridgehead atoms. The summed E-state index contributed by atoms with van der Waals surface area (Å²) in [4.78, 5) is 27.3. The monoisotopic (exact) mass is 415 g/mol. The first-order valence-corrected chi connectivity index (χ1v) is 10.8. The topological polar surface area (TPSA) is 91.8 Å². The van der Waals surface area contributed by atoms with Crippen molar-refractivity contribution in [3.63, 3.8) is 0 Å². The van der Waals surface area contributed by atoms with Crippen LogP contribution in [0.3, 0.4) is 0 Å². The number of nitrogens with one attached hydrogen (secondary N) is 1. The highest BCUT2D eigenvalue weighted by molar-refractivity contribution is 5.75. The standard InChI is InChI=1S/C22H31N3O2.CH2O2/c1-3-4-5-6-7-21(26)24-13-18-19-14-25(17-9-11-23-16(2)12-17)15-22(19)10-8-20(18)27-22;2-1-3/h3-4,9,11-12,18-20H,5-8,10,13-15H2,1-2H3,(H,24,26);1H,(H,2,3)/t18-,19+,20+,22+;/m0./s1. The lowest BCUT2D eigenvalue weighted by Crippen LogP contribution is -2.41. The number of fused-ring (bicyclic) bond motifs is 1. The fourth-order valence-corrected chi connectivity index (χ4v) is 5.25. The van der Waals surface area contributed by atoms with E-state index in [4.69, 9.17) is 14.6 Å². The van der Waals surface area contributed by atoms with Gasteiger partial charge in [-0.15, -0.1) is 0 Å². The average molecular weight is 416 g/mol. The zero-order valence-electron chi connectivity index (χ0n) is 17.9. The van der Waals surface area contributed by atoms with Gasteiger partial charge in [0.15, 0.2) is 0 Å². The van der Waals surface area contributed by atoms with Crippen molar-refractivity contribution in [2.24, 2.45) is 11.8 Å². The molecule has 1 aromatic heterocycles. The smallest absolute Gasteiger partial charge is 0.290 e. The van der Waals surface area contributed by atoms with Crippen LogP contribution in [-0.2, 0) is 14.3 Å². The van der Waals surface area contributed by atoms with E-state index in [0.717, 1.165) is 51.0 Å². The Morgan fingerprint density at radius 2 is 2.30 bits per heavy atom. The summed E-state index contributed by atoms with van der Waals surface area (Å²) < 4.78 is 6.51. The summed E-state index contributed by atoms with van der Waals surface area (Å²) in [5, 5.41) is 10.1. The van der Waals surface area contributed by atoms with E-state index in [-0.39, 0.29) is 18.0 Å². The molecule has 4 heterocycles. The quantitative estimate of drug-likeness (QED) is 0.404. The third kappa shape index (κ3) is 4.83. The van der Waals surface area contributed by atoms with E-state index in [9.17, 15) is 4.79 Å². The molecule has 164 valence electrons. The minimum Gasteiger partial charge on any atom is -0.483 e. The second kappa shape index (κ2) is 10.1. The molecule has 0 aromatic carbocycles.